The van der Waals surface area contributed by atoms with E-state index in [1.54, 1.807) is 0 Å². The molecule has 2 aliphatic rings. The summed E-state index contributed by atoms with van der Waals surface area (Å²) >= 11 is 0. The van der Waals surface area contributed by atoms with E-state index in [0.29, 0.717) is 5.92 Å². The molecule has 3 rings (SSSR count). The van der Waals surface area contributed by atoms with Crippen molar-refractivity contribution < 1.29 is 9.47 Å². The maximum Gasteiger partial charge on any atom is 0.119 e. The number of hydrogen-bond acceptors (Lipinski definition) is 3. The Balaban J connectivity index is 1.57. The third kappa shape index (κ3) is 2.55. The molecule has 3 heteroatoms. The van der Waals surface area contributed by atoms with Crippen molar-refractivity contribution in [1.29, 1.82) is 0 Å². The molecule has 1 saturated heterocycles. The van der Waals surface area contributed by atoms with Gasteiger partial charge >= 0.3 is 0 Å². The van der Waals surface area contributed by atoms with Crippen molar-refractivity contribution in [2.75, 3.05) is 31.7 Å². The van der Waals surface area contributed by atoms with Crippen LogP contribution >= 0.6 is 0 Å². The molecule has 1 aromatic rings. The molecule has 1 fully saturated rings. The Morgan fingerprint density at radius 1 is 1.29 bits per heavy atom. The lowest BCUT2D eigenvalue weighted by Gasteiger charge is -2.22. The van der Waals surface area contributed by atoms with Gasteiger partial charge in [0, 0.05) is 25.4 Å². The van der Waals surface area contributed by atoms with E-state index < -0.39 is 0 Å². The number of nitrogens with one attached hydrogen (secondary N) is 1. The molecule has 1 aromatic carbocycles. The summed E-state index contributed by atoms with van der Waals surface area (Å²) < 4.78 is 11.2. The largest absolute Gasteiger partial charge is 0.493 e. The van der Waals surface area contributed by atoms with E-state index in [4.69, 9.17) is 9.47 Å². The van der Waals surface area contributed by atoms with E-state index >= 15 is 0 Å². The molecule has 2 aliphatic heterocycles. The topological polar surface area (TPSA) is 30.5 Å². The van der Waals surface area contributed by atoms with Crippen molar-refractivity contribution in [2.45, 2.75) is 19.3 Å². The van der Waals surface area contributed by atoms with Gasteiger partial charge in [-0.25, -0.2) is 0 Å². The van der Waals surface area contributed by atoms with E-state index in [9.17, 15) is 0 Å². The van der Waals surface area contributed by atoms with Gasteiger partial charge in [0.25, 0.3) is 0 Å². The van der Waals surface area contributed by atoms with E-state index in [1.807, 2.05) is 0 Å². The molecule has 0 saturated carbocycles. The fraction of sp³-hybridized carbons (Fsp3) is 0.571. The summed E-state index contributed by atoms with van der Waals surface area (Å²) in [5.74, 6) is 1.68. The summed E-state index contributed by atoms with van der Waals surface area (Å²) in [5.41, 5.74) is 2.65. The summed E-state index contributed by atoms with van der Waals surface area (Å²) in [5, 5.41) is 3.36. The third-order valence-electron chi connectivity index (χ3n) is 3.61. The molecule has 3 nitrogen and oxygen atoms in total. The third-order valence-corrected chi connectivity index (χ3v) is 3.61. The van der Waals surface area contributed by atoms with Crippen molar-refractivity contribution in [1.82, 2.24) is 0 Å². The second-order valence-corrected chi connectivity index (χ2v) is 4.86. The van der Waals surface area contributed by atoms with E-state index in [0.717, 1.165) is 51.4 Å². The van der Waals surface area contributed by atoms with E-state index in [-0.39, 0.29) is 0 Å². The zero-order chi connectivity index (χ0) is 11.5. The van der Waals surface area contributed by atoms with Gasteiger partial charge in [-0.3, -0.25) is 0 Å². The first-order chi connectivity index (χ1) is 8.42. The van der Waals surface area contributed by atoms with Crippen molar-refractivity contribution >= 4 is 5.69 Å². The molecule has 0 atom stereocenters. The van der Waals surface area contributed by atoms with Crippen molar-refractivity contribution in [3.63, 3.8) is 0 Å². The highest BCUT2D eigenvalue weighted by atomic mass is 16.5. The van der Waals surface area contributed by atoms with Crippen molar-refractivity contribution in [3.8, 4) is 5.75 Å². The fourth-order valence-electron chi connectivity index (χ4n) is 2.50. The maximum atomic E-state index is 5.89. The Morgan fingerprint density at radius 3 is 3.06 bits per heavy atom. The number of benzene rings is 1. The molecule has 0 amide bonds. The van der Waals surface area contributed by atoms with Crippen LogP contribution in [0.1, 0.15) is 18.4 Å². The predicted molar refractivity (Wildman–Crippen MR) is 67.7 cm³/mol. The van der Waals surface area contributed by atoms with Gasteiger partial charge in [0.05, 0.1) is 6.61 Å². The van der Waals surface area contributed by atoms with Crippen LogP contribution in [0.2, 0.25) is 0 Å². The SMILES string of the molecule is c1cc2c(cc1OCC1CCOCC1)CCN2. The van der Waals surface area contributed by atoms with Crippen LogP contribution in [0.25, 0.3) is 0 Å². The molecule has 0 aromatic heterocycles. The second kappa shape index (κ2) is 4.96. The number of anilines is 1. The van der Waals surface area contributed by atoms with Gasteiger partial charge in [-0.1, -0.05) is 0 Å². The average molecular weight is 233 g/mol. The van der Waals surface area contributed by atoms with Crippen molar-refractivity contribution in [3.05, 3.63) is 23.8 Å². The fourth-order valence-corrected chi connectivity index (χ4v) is 2.50. The molecule has 0 aliphatic carbocycles. The van der Waals surface area contributed by atoms with Crippen LogP contribution in [0.4, 0.5) is 5.69 Å². The summed E-state index contributed by atoms with van der Waals surface area (Å²) in [6.45, 7) is 3.67. The summed E-state index contributed by atoms with van der Waals surface area (Å²) in [4.78, 5) is 0. The summed E-state index contributed by atoms with van der Waals surface area (Å²) in [6.07, 6.45) is 3.38. The van der Waals surface area contributed by atoms with Gasteiger partial charge in [0.1, 0.15) is 5.75 Å². The Kier molecular flexibility index (Phi) is 3.18. The first-order valence-electron chi connectivity index (χ1n) is 6.49. The zero-order valence-corrected chi connectivity index (χ0v) is 10.1. The summed E-state index contributed by atoms with van der Waals surface area (Å²) in [7, 11) is 0. The minimum absolute atomic E-state index is 0.662. The van der Waals surface area contributed by atoms with Crippen LogP contribution in [0.5, 0.6) is 5.75 Å². The molecule has 17 heavy (non-hydrogen) atoms. The van der Waals surface area contributed by atoms with E-state index in [2.05, 4.69) is 23.5 Å². The van der Waals surface area contributed by atoms with E-state index in [1.165, 1.54) is 11.3 Å². The second-order valence-electron chi connectivity index (χ2n) is 4.86. The van der Waals surface area contributed by atoms with Gasteiger partial charge in [-0.15, -0.1) is 0 Å². The molecule has 92 valence electrons. The highest BCUT2D eigenvalue weighted by Crippen LogP contribution is 2.27. The predicted octanol–water partition coefficient (Wildman–Crippen LogP) is 2.46. The van der Waals surface area contributed by atoms with Crippen LogP contribution in [0, 0.1) is 5.92 Å². The molecule has 1 N–H and O–H groups in total. The number of fused-ring (bicyclic) bond motifs is 1. The first kappa shape index (κ1) is 10.9. The molecular weight excluding hydrogens is 214 g/mol. The smallest absolute Gasteiger partial charge is 0.119 e. The minimum atomic E-state index is 0.662. The van der Waals surface area contributed by atoms with Gasteiger partial charge in [-0.05, 0) is 48.9 Å². The molecule has 0 radical (unpaired) electrons. The monoisotopic (exact) mass is 233 g/mol. The molecular formula is C14H19NO2. The number of rotatable bonds is 3. The number of hydrogen-bond donors (Lipinski definition) is 1. The van der Waals surface area contributed by atoms with Crippen LogP contribution < -0.4 is 10.1 Å². The molecule has 0 unspecified atom stereocenters. The Hall–Kier alpha value is -1.22. The lowest BCUT2D eigenvalue weighted by atomic mass is 10.0. The van der Waals surface area contributed by atoms with Crippen LogP contribution in [-0.2, 0) is 11.2 Å². The highest BCUT2D eigenvalue weighted by Gasteiger charge is 2.15. The van der Waals surface area contributed by atoms with Crippen LogP contribution in [-0.4, -0.2) is 26.4 Å². The van der Waals surface area contributed by atoms with Gasteiger partial charge in [-0.2, -0.15) is 0 Å². The maximum absolute atomic E-state index is 5.89. The van der Waals surface area contributed by atoms with Gasteiger partial charge in [0.2, 0.25) is 0 Å². The number of ether oxygens (including phenoxy) is 2. The quantitative estimate of drug-likeness (QED) is 0.870. The summed E-state index contributed by atoms with van der Waals surface area (Å²) in [6, 6.07) is 6.37. The minimum Gasteiger partial charge on any atom is -0.493 e. The lowest BCUT2D eigenvalue weighted by molar-refractivity contribution is 0.0497. The standard InChI is InChI=1S/C14H19NO2/c1-2-14-12(3-6-15-14)9-13(1)17-10-11-4-7-16-8-5-11/h1-2,9,11,15H,3-8,10H2. The highest BCUT2D eigenvalue weighted by molar-refractivity contribution is 5.57. The molecule has 0 spiro atoms. The first-order valence-corrected chi connectivity index (χ1v) is 6.49. The van der Waals surface area contributed by atoms with Gasteiger partial charge < -0.3 is 14.8 Å². The Labute approximate surface area is 102 Å². The van der Waals surface area contributed by atoms with Crippen LogP contribution in [0.3, 0.4) is 0 Å². The zero-order valence-electron chi connectivity index (χ0n) is 10.1. The molecule has 0 bridgehead atoms. The van der Waals surface area contributed by atoms with Crippen molar-refractivity contribution in [2.24, 2.45) is 5.92 Å². The normalized spacial score (nSPS) is 19.8. The average Bonchev–Trinajstić information content (AvgIpc) is 2.85. The lowest BCUT2D eigenvalue weighted by Crippen LogP contribution is -2.21. The molecule has 2 heterocycles. The van der Waals surface area contributed by atoms with Crippen LogP contribution in [0.15, 0.2) is 18.2 Å². The van der Waals surface area contributed by atoms with Gasteiger partial charge in [0.15, 0.2) is 0 Å². The Bertz CT molecular complexity index is 386. The Morgan fingerprint density at radius 2 is 2.18 bits per heavy atom.